The Bertz CT molecular complexity index is 762. The maximum absolute atomic E-state index is 12.0. The van der Waals surface area contributed by atoms with Gasteiger partial charge in [0.2, 0.25) is 0 Å². The van der Waals surface area contributed by atoms with E-state index in [0.29, 0.717) is 11.7 Å². The van der Waals surface area contributed by atoms with Gasteiger partial charge in [-0.1, -0.05) is 37.6 Å². The molecule has 6 nitrogen and oxygen atoms in total. The minimum Gasteiger partial charge on any atom is -0.484 e. The van der Waals surface area contributed by atoms with Gasteiger partial charge < -0.3 is 10.1 Å². The highest BCUT2D eigenvalue weighted by molar-refractivity contribution is 6.31. The minimum absolute atomic E-state index is 0.0788. The number of nitrogens with zero attached hydrogens (tertiary/aromatic N) is 1. The zero-order valence-electron chi connectivity index (χ0n) is 14.0. The van der Waals surface area contributed by atoms with E-state index in [2.05, 4.69) is 19.2 Å². The third-order valence-corrected chi connectivity index (χ3v) is 4.10. The van der Waals surface area contributed by atoms with Crippen molar-refractivity contribution in [2.75, 3.05) is 11.9 Å². The molecule has 1 atom stereocenters. The molecule has 7 heteroatoms. The zero-order valence-corrected chi connectivity index (χ0v) is 14.7. The van der Waals surface area contributed by atoms with E-state index in [-0.39, 0.29) is 23.0 Å². The molecule has 0 saturated heterocycles. The van der Waals surface area contributed by atoms with Gasteiger partial charge in [0.1, 0.15) is 11.4 Å². The molecule has 0 heterocycles. The summed E-state index contributed by atoms with van der Waals surface area (Å²) in [6.07, 6.45) is 1.04. The van der Waals surface area contributed by atoms with Crippen molar-refractivity contribution in [1.29, 1.82) is 0 Å². The van der Waals surface area contributed by atoms with E-state index in [9.17, 15) is 14.9 Å². The molecular formula is C18H19ClN2O4. The first-order chi connectivity index (χ1) is 11.9. The average molecular weight is 363 g/mol. The number of rotatable bonds is 7. The van der Waals surface area contributed by atoms with Gasteiger partial charge in [0.25, 0.3) is 11.6 Å². The molecule has 0 aromatic heterocycles. The summed E-state index contributed by atoms with van der Waals surface area (Å²) in [7, 11) is 0. The van der Waals surface area contributed by atoms with Crippen LogP contribution in [-0.2, 0) is 4.79 Å². The van der Waals surface area contributed by atoms with Gasteiger partial charge in [-0.15, -0.1) is 0 Å². The van der Waals surface area contributed by atoms with E-state index in [1.807, 2.05) is 12.1 Å². The van der Waals surface area contributed by atoms with Crippen molar-refractivity contribution in [3.8, 4) is 5.75 Å². The summed E-state index contributed by atoms with van der Waals surface area (Å²) in [5, 5.41) is 13.7. The lowest BCUT2D eigenvalue weighted by molar-refractivity contribution is -0.383. The predicted molar refractivity (Wildman–Crippen MR) is 97.4 cm³/mol. The van der Waals surface area contributed by atoms with Gasteiger partial charge in [-0.25, -0.2) is 0 Å². The summed E-state index contributed by atoms with van der Waals surface area (Å²) >= 11 is 5.74. The van der Waals surface area contributed by atoms with Crippen molar-refractivity contribution < 1.29 is 14.5 Å². The van der Waals surface area contributed by atoms with Crippen molar-refractivity contribution in [3.05, 3.63) is 63.2 Å². The Morgan fingerprint density at radius 1 is 1.28 bits per heavy atom. The number of halogens is 1. The maximum atomic E-state index is 12.0. The van der Waals surface area contributed by atoms with Crippen LogP contribution in [0.5, 0.6) is 5.75 Å². The predicted octanol–water partition coefficient (Wildman–Crippen LogP) is 4.78. The smallest absolute Gasteiger partial charge is 0.294 e. The number of anilines is 1. The Hall–Kier alpha value is -2.60. The Kier molecular flexibility index (Phi) is 6.36. The van der Waals surface area contributed by atoms with Gasteiger partial charge >= 0.3 is 0 Å². The number of benzene rings is 2. The molecule has 0 saturated carbocycles. The fourth-order valence-electron chi connectivity index (χ4n) is 2.23. The van der Waals surface area contributed by atoms with Crippen molar-refractivity contribution in [2.24, 2.45) is 0 Å². The molecule has 0 aliphatic heterocycles. The second kappa shape index (κ2) is 8.48. The van der Waals surface area contributed by atoms with Gasteiger partial charge in [-0.3, -0.25) is 14.9 Å². The highest BCUT2D eigenvalue weighted by Gasteiger charge is 2.16. The molecule has 1 amide bonds. The van der Waals surface area contributed by atoms with Gasteiger partial charge in [-0.05, 0) is 42.2 Å². The van der Waals surface area contributed by atoms with Gasteiger partial charge in [0, 0.05) is 11.1 Å². The standard InChI is InChI=1S/C18H19ClN2O4/c1-3-12(2)13-4-7-15(8-5-13)25-11-18(22)20-16-9-6-14(19)10-17(16)21(23)24/h4-10,12H,3,11H2,1-2H3,(H,20,22)/t12-/m1/s1. The number of carbonyl (C=O) groups excluding carboxylic acids is 1. The van der Waals surface area contributed by atoms with Crippen LogP contribution in [0, 0.1) is 10.1 Å². The minimum atomic E-state index is -0.601. The van der Waals surface area contributed by atoms with Crippen LogP contribution in [0.2, 0.25) is 5.02 Å². The normalized spacial score (nSPS) is 11.6. The lowest BCUT2D eigenvalue weighted by Gasteiger charge is -2.11. The number of nitro benzene ring substituents is 1. The number of carbonyl (C=O) groups is 1. The Labute approximate surface area is 150 Å². The van der Waals surface area contributed by atoms with E-state index < -0.39 is 10.8 Å². The third kappa shape index (κ3) is 5.19. The average Bonchev–Trinajstić information content (AvgIpc) is 2.61. The van der Waals surface area contributed by atoms with Gasteiger partial charge in [0.05, 0.1) is 4.92 Å². The monoisotopic (exact) mass is 362 g/mol. The molecule has 132 valence electrons. The van der Waals surface area contributed by atoms with Crippen LogP contribution in [0.15, 0.2) is 42.5 Å². The molecule has 2 aromatic carbocycles. The van der Waals surface area contributed by atoms with Crippen LogP contribution < -0.4 is 10.1 Å². The number of ether oxygens (including phenoxy) is 1. The van der Waals surface area contributed by atoms with E-state index >= 15 is 0 Å². The van der Waals surface area contributed by atoms with Gasteiger partial charge in [-0.2, -0.15) is 0 Å². The van der Waals surface area contributed by atoms with Crippen LogP contribution in [0.4, 0.5) is 11.4 Å². The van der Waals surface area contributed by atoms with Crippen LogP contribution in [0.25, 0.3) is 0 Å². The Balaban J connectivity index is 1.96. The lowest BCUT2D eigenvalue weighted by Crippen LogP contribution is -2.20. The quantitative estimate of drug-likeness (QED) is 0.567. The number of hydrogen-bond donors (Lipinski definition) is 1. The lowest BCUT2D eigenvalue weighted by atomic mass is 9.99. The van der Waals surface area contributed by atoms with Crippen molar-refractivity contribution in [3.63, 3.8) is 0 Å². The second-order valence-corrected chi connectivity index (χ2v) is 6.07. The summed E-state index contributed by atoms with van der Waals surface area (Å²) in [5.74, 6) is 0.534. The first-order valence-corrected chi connectivity index (χ1v) is 8.25. The van der Waals surface area contributed by atoms with Crippen LogP contribution in [0.3, 0.4) is 0 Å². The van der Waals surface area contributed by atoms with Crippen LogP contribution >= 0.6 is 11.6 Å². The van der Waals surface area contributed by atoms with E-state index in [1.54, 1.807) is 12.1 Å². The molecule has 25 heavy (non-hydrogen) atoms. The maximum Gasteiger partial charge on any atom is 0.294 e. The topological polar surface area (TPSA) is 81.5 Å². The van der Waals surface area contributed by atoms with Gasteiger partial charge in [0.15, 0.2) is 6.61 Å². The second-order valence-electron chi connectivity index (χ2n) is 5.63. The fourth-order valence-corrected chi connectivity index (χ4v) is 2.39. The van der Waals surface area contributed by atoms with E-state index in [4.69, 9.17) is 16.3 Å². The summed E-state index contributed by atoms with van der Waals surface area (Å²) < 4.78 is 5.42. The molecule has 0 fully saturated rings. The number of nitrogens with one attached hydrogen (secondary N) is 1. The SMILES string of the molecule is CC[C@@H](C)c1ccc(OCC(=O)Nc2ccc(Cl)cc2[N+](=O)[O-])cc1. The summed E-state index contributed by atoms with van der Waals surface area (Å²) in [6.45, 7) is 4.01. The Morgan fingerprint density at radius 3 is 2.56 bits per heavy atom. The van der Waals surface area contributed by atoms with Crippen LogP contribution in [0.1, 0.15) is 31.7 Å². The third-order valence-electron chi connectivity index (χ3n) is 3.86. The highest BCUT2D eigenvalue weighted by Crippen LogP contribution is 2.27. The van der Waals surface area contributed by atoms with Crippen molar-refractivity contribution >= 4 is 28.9 Å². The first-order valence-electron chi connectivity index (χ1n) is 7.87. The number of nitro groups is 1. The molecule has 0 aliphatic rings. The molecule has 1 N–H and O–H groups in total. The zero-order chi connectivity index (χ0) is 18.4. The molecule has 0 unspecified atom stereocenters. The van der Waals surface area contributed by atoms with Crippen molar-refractivity contribution in [2.45, 2.75) is 26.2 Å². The molecule has 0 spiro atoms. The summed E-state index contributed by atoms with van der Waals surface area (Å²) in [5.41, 5.74) is 1.02. The number of amides is 1. The fraction of sp³-hybridized carbons (Fsp3) is 0.278. The largest absolute Gasteiger partial charge is 0.484 e. The molecule has 2 rings (SSSR count). The summed E-state index contributed by atoms with van der Waals surface area (Å²) in [4.78, 5) is 22.4. The Morgan fingerprint density at radius 2 is 1.96 bits per heavy atom. The summed E-state index contributed by atoms with van der Waals surface area (Å²) in [6, 6.07) is 11.6. The molecule has 0 aliphatic carbocycles. The molecule has 0 radical (unpaired) electrons. The van der Waals surface area contributed by atoms with E-state index in [0.717, 1.165) is 6.42 Å². The number of hydrogen-bond acceptors (Lipinski definition) is 4. The first kappa shape index (κ1) is 18.7. The highest BCUT2D eigenvalue weighted by atomic mass is 35.5. The van der Waals surface area contributed by atoms with Crippen molar-refractivity contribution in [1.82, 2.24) is 0 Å². The van der Waals surface area contributed by atoms with E-state index in [1.165, 1.54) is 23.8 Å². The molecule has 0 bridgehead atoms. The molecular weight excluding hydrogens is 344 g/mol. The van der Waals surface area contributed by atoms with Crippen LogP contribution in [-0.4, -0.2) is 17.4 Å². The molecule has 2 aromatic rings.